The second-order valence-electron chi connectivity index (χ2n) is 4.06. The van der Waals surface area contributed by atoms with Gasteiger partial charge in [0, 0.05) is 13.0 Å². The number of carbonyl (C=O) groups excluding carboxylic acids is 2. The average molecular weight is 259 g/mol. The van der Waals surface area contributed by atoms with Gasteiger partial charge < -0.3 is 15.0 Å². The van der Waals surface area contributed by atoms with E-state index in [1.165, 1.54) is 4.90 Å². The maximum Gasteiger partial charge on any atom is 0.409 e. The molecule has 1 fully saturated rings. The van der Waals surface area contributed by atoms with Crippen molar-refractivity contribution < 1.29 is 14.3 Å². The van der Waals surface area contributed by atoms with Crippen LogP contribution >= 0.6 is 0 Å². The van der Waals surface area contributed by atoms with Crippen molar-refractivity contribution >= 4 is 17.7 Å². The van der Waals surface area contributed by atoms with E-state index in [4.69, 9.17) is 10.00 Å². The number of ether oxygens (including phenoxy) is 1. The van der Waals surface area contributed by atoms with Gasteiger partial charge in [-0.3, -0.25) is 4.79 Å². The molecule has 1 aromatic carbocycles. The zero-order valence-corrected chi connectivity index (χ0v) is 10.3. The average Bonchev–Trinajstić information content (AvgIpc) is 2.82. The normalized spacial score (nSPS) is 13.8. The Hall–Kier alpha value is -2.55. The van der Waals surface area contributed by atoms with Crippen LogP contribution in [0.5, 0.6) is 0 Å². The van der Waals surface area contributed by atoms with Crippen molar-refractivity contribution in [3.63, 3.8) is 0 Å². The molecule has 6 heteroatoms. The first-order chi connectivity index (χ1) is 9.20. The zero-order valence-electron chi connectivity index (χ0n) is 10.3. The molecule has 2 amide bonds. The molecule has 1 heterocycles. The maximum atomic E-state index is 11.7. The van der Waals surface area contributed by atoms with E-state index < -0.39 is 0 Å². The fourth-order valence-electron chi connectivity index (χ4n) is 1.77. The van der Waals surface area contributed by atoms with Gasteiger partial charge in [0.2, 0.25) is 5.91 Å². The first kappa shape index (κ1) is 12.9. The minimum atomic E-state index is -0.384. The summed E-state index contributed by atoms with van der Waals surface area (Å²) in [6, 6.07) is 8.78. The molecule has 0 spiro atoms. The van der Waals surface area contributed by atoms with E-state index in [9.17, 15) is 9.59 Å². The summed E-state index contributed by atoms with van der Waals surface area (Å²) in [5.41, 5.74) is 0.899. The Balaban J connectivity index is 1.87. The van der Waals surface area contributed by atoms with Crippen molar-refractivity contribution in [1.82, 2.24) is 4.90 Å². The van der Waals surface area contributed by atoms with Crippen LogP contribution in [-0.2, 0) is 9.53 Å². The van der Waals surface area contributed by atoms with Gasteiger partial charge in [-0.2, -0.15) is 5.26 Å². The lowest BCUT2D eigenvalue weighted by Crippen LogP contribution is -2.28. The molecule has 0 saturated carbocycles. The second kappa shape index (κ2) is 5.87. The van der Waals surface area contributed by atoms with Crippen molar-refractivity contribution in [2.45, 2.75) is 6.42 Å². The van der Waals surface area contributed by atoms with E-state index in [1.807, 2.05) is 6.07 Å². The molecule has 6 nitrogen and oxygen atoms in total. The van der Waals surface area contributed by atoms with Crippen LogP contribution < -0.4 is 5.32 Å². The highest BCUT2D eigenvalue weighted by Crippen LogP contribution is 2.14. The molecule has 98 valence electrons. The molecular weight excluding hydrogens is 246 g/mol. The summed E-state index contributed by atoms with van der Waals surface area (Å²) < 4.78 is 4.76. The number of hydrogen-bond donors (Lipinski definition) is 1. The van der Waals surface area contributed by atoms with Crippen molar-refractivity contribution in [2.24, 2.45) is 0 Å². The molecule has 19 heavy (non-hydrogen) atoms. The Bertz CT molecular complexity index is 536. The van der Waals surface area contributed by atoms with E-state index in [0.29, 0.717) is 30.9 Å². The third-order valence-electron chi connectivity index (χ3n) is 2.78. The minimum absolute atomic E-state index is 0.175. The molecule has 1 aliphatic heterocycles. The fourth-order valence-corrected chi connectivity index (χ4v) is 1.77. The highest BCUT2D eigenvalue weighted by molar-refractivity contribution is 5.92. The lowest BCUT2D eigenvalue weighted by Gasteiger charge is -2.12. The summed E-state index contributed by atoms with van der Waals surface area (Å²) in [6.45, 7) is 1.21. The van der Waals surface area contributed by atoms with E-state index in [-0.39, 0.29) is 18.4 Å². The monoisotopic (exact) mass is 259 g/mol. The van der Waals surface area contributed by atoms with E-state index in [1.54, 1.807) is 24.3 Å². The van der Waals surface area contributed by atoms with Gasteiger partial charge in [-0.15, -0.1) is 0 Å². The van der Waals surface area contributed by atoms with Gasteiger partial charge in [0.05, 0.1) is 17.8 Å². The summed E-state index contributed by atoms with van der Waals surface area (Å²) in [5, 5.41) is 11.6. The molecule has 1 saturated heterocycles. The number of amides is 2. The molecule has 1 N–H and O–H groups in total. The van der Waals surface area contributed by atoms with Gasteiger partial charge in [-0.05, 0) is 12.1 Å². The Morgan fingerprint density at radius 2 is 2.26 bits per heavy atom. The van der Waals surface area contributed by atoms with Gasteiger partial charge in [0.15, 0.2) is 0 Å². The molecule has 2 rings (SSSR count). The highest BCUT2D eigenvalue weighted by Gasteiger charge is 2.22. The van der Waals surface area contributed by atoms with Crippen LogP contribution in [0.2, 0.25) is 0 Å². The SMILES string of the molecule is N#Cc1ccccc1NC(=O)CCN1CCOC1=O. The second-order valence-corrected chi connectivity index (χ2v) is 4.06. The molecule has 0 radical (unpaired) electrons. The number of carbonyl (C=O) groups is 2. The predicted molar refractivity (Wildman–Crippen MR) is 67.3 cm³/mol. The Morgan fingerprint density at radius 3 is 2.95 bits per heavy atom. The number of benzene rings is 1. The van der Waals surface area contributed by atoms with Gasteiger partial charge in [-0.1, -0.05) is 12.1 Å². The number of cyclic esters (lactones) is 1. The standard InChI is InChI=1S/C13H13N3O3/c14-9-10-3-1-2-4-11(10)15-12(17)5-6-16-7-8-19-13(16)18/h1-4H,5-8H2,(H,15,17). The lowest BCUT2D eigenvalue weighted by atomic mass is 10.2. The summed E-state index contributed by atoms with van der Waals surface area (Å²) in [5.74, 6) is -0.234. The molecular formula is C13H13N3O3. The van der Waals surface area contributed by atoms with Gasteiger partial charge in [0.25, 0.3) is 0 Å². The third kappa shape index (κ3) is 3.22. The molecule has 0 aromatic heterocycles. The van der Waals surface area contributed by atoms with Crippen molar-refractivity contribution in [3.8, 4) is 6.07 Å². The fraction of sp³-hybridized carbons (Fsp3) is 0.308. The van der Waals surface area contributed by atoms with Crippen LogP contribution in [0.25, 0.3) is 0 Å². The van der Waals surface area contributed by atoms with Gasteiger partial charge in [0.1, 0.15) is 12.7 Å². The van der Waals surface area contributed by atoms with Crippen LogP contribution in [0.4, 0.5) is 10.5 Å². The number of nitriles is 1. The number of anilines is 1. The Kier molecular flexibility index (Phi) is 3.98. The van der Waals surface area contributed by atoms with E-state index in [2.05, 4.69) is 5.32 Å². The summed E-state index contributed by atoms with van der Waals surface area (Å²) in [7, 11) is 0. The molecule has 0 bridgehead atoms. The topological polar surface area (TPSA) is 82.4 Å². The summed E-state index contributed by atoms with van der Waals surface area (Å²) >= 11 is 0. The molecule has 0 aliphatic carbocycles. The first-order valence-corrected chi connectivity index (χ1v) is 5.91. The molecule has 0 atom stereocenters. The number of nitrogens with one attached hydrogen (secondary N) is 1. The van der Waals surface area contributed by atoms with Crippen molar-refractivity contribution in [1.29, 1.82) is 5.26 Å². The van der Waals surface area contributed by atoms with Gasteiger partial charge >= 0.3 is 6.09 Å². The zero-order chi connectivity index (χ0) is 13.7. The first-order valence-electron chi connectivity index (χ1n) is 5.91. The number of rotatable bonds is 4. The van der Waals surface area contributed by atoms with Crippen LogP contribution in [0.15, 0.2) is 24.3 Å². The van der Waals surface area contributed by atoms with Crippen molar-refractivity contribution in [2.75, 3.05) is 25.0 Å². The quantitative estimate of drug-likeness (QED) is 0.884. The Morgan fingerprint density at radius 1 is 1.47 bits per heavy atom. The Labute approximate surface area is 110 Å². The number of para-hydroxylation sites is 1. The third-order valence-corrected chi connectivity index (χ3v) is 2.78. The predicted octanol–water partition coefficient (Wildman–Crippen LogP) is 1.34. The van der Waals surface area contributed by atoms with Crippen LogP contribution in [0.3, 0.4) is 0 Å². The molecule has 0 unspecified atom stereocenters. The summed E-state index contributed by atoms with van der Waals surface area (Å²) in [6.07, 6.45) is -0.209. The van der Waals surface area contributed by atoms with Gasteiger partial charge in [-0.25, -0.2) is 4.79 Å². The number of hydrogen-bond acceptors (Lipinski definition) is 4. The summed E-state index contributed by atoms with van der Waals surface area (Å²) in [4.78, 5) is 24.4. The minimum Gasteiger partial charge on any atom is -0.448 e. The van der Waals surface area contributed by atoms with Crippen LogP contribution in [0.1, 0.15) is 12.0 Å². The largest absolute Gasteiger partial charge is 0.448 e. The highest BCUT2D eigenvalue weighted by atomic mass is 16.6. The molecule has 1 aromatic rings. The van der Waals surface area contributed by atoms with E-state index in [0.717, 1.165) is 0 Å². The van der Waals surface area contributed by atoms with Crippen LogP contribution in [-0.4, -0.2) is 36.6 Å². The maximum absolute atomic E-state index is 11.7. The van der Waals surface area contributed by atoms with Crippen LogP contribution in [0, 0.1) is 11.3 Å². The molecule has 1 aliphatic rings. The lowest BCUT2D eigenvalue weighted by molar-refractivity contribution is -0.116. The smallest absolute Gasteiger partial charge is 0.409 e. The number of nitrogens with zero attached hydrogens (tertiary/aromatic N) is 2. The van der Waals surface area contributed by atoms with Crippen molar-refractivity contribution in [3.05, 3.63) is 29.8 Å². The van der Waals surface area contributed by atoms with E-state index >= 15 is 0 Å².